The number of rotatable bonds is 8. The topological polar surface area (TPSA) is 86.7 Å². The maximum atomic E-state index is 13.4. The highest BCUT2D eigenvalue weighted by Crippen LogP contribution is 2.79. The third kappa shape index (κ3) is 3.12. The number of ether oxygens (including phenoxy) is 5. The van der Waals surface area contributed by atoms with E-state index in [-0.39, 0.29) is 64.3 Å². The number of methoxy groups -OCH3 is 4. The van der Waals surface area contributed by atoms with Crippen LogP contribution in [0.3, 0.4) is 0 Å². The van der Waals surface area contributed by atoms with Crippen molar-refractivity contribution in [3.63, 3.8) is 0 Å². The van der Waals surface area contributed by atoms with Gasteiger partial charge in [-0.25, -0.2) is 4.79 Å². The number of carbonyl (C=O) groups is 1. The molecule has 7 rings (SSSR count). The number of benzene rings is 1. The predicted octanol–water partition coefficient (Wildman–Crippen LogP) is 3.40. The molecule has 1 aromatic rings. The van der Waals surface area contributed by atoms with Crippen molar-refractivity contribution >= 4 is 5.97 Å². The smallest absolute Gasteiger partial charge is 0.341 e. The molecule has 12 atom stereocenters. The molecule has 0 aromatic heterocycles. The highest BCUT2D eigenvalue weighted by atomic mass is 16.5. The van der Waals surface area contributed by atoms with Gasteiger partial charge in [0.25, 0.3) is 0 Å². The largest absolute Gasteiger partial charge is 0.496 e. The first-order valence-corrected chi connectivity index (χ1v) is 15.2. The summed E-state index contributed by atoms with van der Waals surface area (Å²) in [7, 11) is 7.13. The van der Waals surface area contributed by atoms with Crippen LogP contribution in [0.4, 0.5) is 0 Å². The van der Waals surface area contributed by atoms with E-state index in [0.29, 0.717) is 23.8 Å². The molecule has 220 valence electrons. The molecule has 0 amide bonds. The van der Waals surface area contributed by atoms with Gasteiger partial charge in [0, 0.05) is 68.9 Å². The fourth-order valence-electron chi connectivity index (χ4n) is 11.8. The zero-order valence-electron chi connectivity index (χ0n) is 24.5. The molecule has 1 aromatic carbocycles. The fraction of sp³-hybridized carbons (Fsp3) is 0.781. The Labute approximate surface area is 237 Å². The SMILES string of the molecule is CCN1C[C@]2(COC(=O)c3ccccc3OC)CCC(O)C34C5CC6C(OC)C5[C@](OC)(C[C@@H]6OC)[C@@H](CC32)C14. The third-order valence-electron chi connectivity index (χ3n) is 12.9. The summed E-state index contributed by atoms with van der Waals surface area (Å²) in [4.78, 5) is 16.0. The van der Waals surface area contributed by atoms with Gasteiger partial charge in [0.05, 0.1) is 37.6 Å². The van der Waals surface area contributed by atoms with Crippen molar-refractivity contribution in [1.82, 2.24) is 4.90 Å². The average molecular weight is 556 g/mol. The molecule has 0 radical (unpaired) electrons. The number of likely N-dealkylation sites (tertiary alicyclic amines) is 1. The van der Waals surface area contributed by atoms with E-state index in [1.165, 1.54) is 0 Å². The Balaban J connectivity index is 1.31. The Morgan fingerprint density at radius 2 is 1.90 bits per heavy atom. The van der Waals surface area contributed by atoms with E-state index < -0.39 is 6.10 Å². The summed E-state index contributed by atoms with van der Waals surface area (Å²) in [5.41, 5.74) is -0.385. The number of esters is 1. The van der Waals surface area contributed by atoms with E-state index in [1.807, 2.05) is 33.5 Å². The van der Waals surface area contributed by atoms with Gasteiger partial charge >= 0.3 is 5.97 Å². The average Bonchev–Trinajstić information content (AvgIpc) is 3.45. The van der Waals surface area contributed by atoms with Crippen LogP contribution in [0.15, 0.2) is 24.3 Å². The number of nitrogens with zero attached hydrogens (tertiary/aromatic N) is 1. The Morgan fingerprint density at radius 1 is 1.10 bits per heavy atom. The summed E-state index contributed by atoms with van der Waals surface area (Å²) in [6.07, 6.45) is 4.18. The highest BCUT2D eigenvalue weighted by molar-refractivity contribution is 5.92. The lowest BCUT2D eigenvalue weighted by atomic mass is 9.43. The summed E-state index contributed by atoms with van der Waals surface area (Å²) in [5, 5.41) is 12.2. The lowest BCUT2D eigenvalue weighted by Crippen LogP contribution is -2.76. The van der Waals surface area contributed by atoms with Crippen LogP contribution < -0.4 is 4.74 Å². The van der Waals surface area contributed by atoms with Crippen molar-refractivity contribution in [3.05, 3.63) is 29.8 Å². The number of aliphatic hydroxyl groups excluding tert-OH is 1. The van der Waals surface area contributed by atoms with E-state index >= 15 is 0 Å². The number of piperidine rings is 1. The predicted molar refractivity (Wildman–Crippen MR) is 147 cm³/mol. The van der Waals surface area contributed by atoms with Gasteiger partial charge < -0.3 is 28.8 Å². The van der Waals surface area contributed by atoms with Gasteiger partial charge in [-0.15, -0.1) is 0 Å². The Bertz CT molecular complexity index is 1160. The molecule has 5 saturated carbocycles. The monoisotopic (exact) mass is 555 g/mol. The lowest BCUT2D eigenvalue weighted by molar-refractivity contribution is -0.279. The molecular formula is C32H45NO7. The Hall–Kier alpha value is -1.71. The first kappa shape index (κ1) is 27.1. The zero-order valence-corrected chi connectivity index (χ0v) is 24.5. The lowest BCUT2D eigenvalue weighted by Gasteiger charge is -2.69. The molecule has 7 bridgehead atoms. The van der Waals surface area contributed by atoms with Crippen LogP contribution in [0.1, 0.15) is 49.4 Å². The normalized spacial score (nSPS) is 48.2. The second-order valence-electron chi connectivity index (χ2n) is 13.5. The second-order valence-corrected chi connectivity index (χ2v) is 13.5. The van der Waals surface area contributed by atoms with Crippen molar-refractivity contribution in [2.24, 2.45) is 40.4 Å². The molecule has 1 spiro atoms. The van der Waals surface area contributed by atoms with Crippen LogP contribution in [0.5, 0.6) is 5.75 Å². The molecule has 8 nitrogen and oxygen atoms in total. The molecule has 6 fully saturated rings. The van der Waals surface area contributed by atoms with E-state index in [0.717, 1.165) is 45.2 Å². The minimum Gasteiger partial charge on any atom is -0.496 e. The molecule has 1 N–H and O–H groups in total. The van der Waals surface area contributed by atoms with Gasteiger partial charge in [0.15, 0.2) is 0 Å². The number of fused-ring (bicyclic) bond motifs is 2. The maximum absolute atomic E-state index is 13.4. The standard InChI is InChI=1S/C32H45NO7/c1-6-33-16-30(17-40-29(35)18-9-7-8-10-22(18)36-2)12-11-25(34)32-20-13-19-23(37-3)15-31(39-5,26(20)27(19)38-4)21(28(32)33)14-24(30)32/h7-10,19-21,23-28,34H,6,11-17H2,1-5H3/t19?,20?,21-,23-,24?,25?,26?,27?,28?,30-,31-,32?/m0/s1. The fourth-order valence-corrected chi connectivity index (χ4v) is 11.8. The van der Waals surface area contributed by atoms with Crippen molar-refractivity contribution in [2.45, 2.75) is 69.0 Å². The van der Waals surface area contributed by atoms with Gasteiger partial charge in [-0.1, -0.05) is 19.1 Å². The van der Waals surface area contributed by atoms with Crippen LogP contribution in [0.2, 0.25) is 0 Å². The Kier molecular flexibility index (Phi) is 6.38. The number of para-hydroxylation sites is 1. The highest BCUT2D eigenvalue weighted by Gasteiger charge is 2.84. The third-order valence-corrected chi connectivity index (χ3v) is 12.9. The molecule has 1 heterocycles. The summed E-state index contributed by atoms with van der Waals surface area (Å²) in [6.45, 7) is 4.37. The summed E-state index contributed by atoms with van der Waals surface area (Å²) < 4.78 is 30.8. The quantitative estimate of drug-likeness (QED) is 0.489. The number of hydrogen-bond acceptors (Lipinski definition) is 8. The first-order valence-electron chi connectivity index (χ1n) is 15.2. The molecular weight excluding hydrogens is 510 g/mol. The van der Waals surface area contributed by atoms with Gasteiger partial charge in [0.2, 0.25) is 0 Å². The molecule has 40 heavy (non-hydrogen) atoms. The summed E-state index contributed by atoms with van der Waals surface area (Å²) >= 11 is 0. The van der Waals surface area contributed by atoms with Crippen molar-refractivity contribution in [3.8, 4) is 5.75 Å². The van der Waals surface area contributed by atoms with Gasteiger partial charge in [-0.05, 0) is 56.2 Å². The molecule has 8 heteroatoms. The van der Waals surface area contributed by atoms with Gasteiger partial charge in [0.1, 0.15) is 11.3 Å². The van der Waals surface area contributed by atoms with Gasteiger partial charge in [-0.3, -0.25) is 4.90 Å². The van der Waals surface area contributed by atoms with Crippen LogP contribution in [-0.4, -0.2) is 94.1 Å². The van der Waals surface area contributed by atoms with Gasteiger partial charge in [-0.2, -0.15) is 0 Å². The maximum Gasteiger partial charge on any atom is 0.341 e. The minimum absolute atomic E-state index is 0.0594. The van der Waals surface area contributed by atoms with Crippen molar-refractivity contribution in [2.75, 3.05) is 48.1 Å². The second kappa shape index (κ2) is 9.40. The number of aliphatic hydroxyl groups is 1. The molecule has 1 aliphatic heterocycles. The van der Waals surface area contributed by atoms with E-state index in [4.69, 9.17) is 23.7 Å². The molecule has 1 saturated heterocycles. The molecule has 8 unspecified atom stereocenters. The number of carbonyl (C=O) groups excluding carboxylic acids is 1. The van der Waals surface area contributed by atoms with Crippen LogP contribution >= 0.6 is 0 Å². The molecule has 6 aliphatic rings. The van der Waals surface area contributed by atoms with E-state index in [9.17, 15) is 9.90 Å². The minimum atomic E-state index is -0.391. The number of hydrogen-bond donors (Lipinski definition) is 1. The van der Waals surface area contributed by atoms with Crippen LogP contribution in [0, 0.1) is 40.4 Å². The van der Waals surface area contributed by atoms with Crippen LogP contribution in [0.25, 0.3) is 0 Å². The van der Waals surface area contributed by atoms with E-state index in [1.54, 1.807) is 19.2 Å². The Morgan fingerprint density at radius 3 is 2.60 bits per heavy atom. The van der Waals surface area contributed by atoms with Crippen molar-refractivity contribution < 1.29 is 33.6 Å². The van der Waals surface area contributed by atoms with E-state index in [2.05, 4.69) is 11.8 Å². The van der Waals surface area contributed by atoms with Crippen LogP contribution in [-0.2, 0) is 18.9 Å². The molecule has 5 aliphatic carbocycles. The van der Waals surface area contributed by atoms with Crippen molar-refractivity contribution in [1.29, 1.82) is 0 Å². The zero-order chi connectivity index (χ0) is 28.0. The summed E-state index contributed by atoms with van der Waals surface area (Å²) in [5.74, 6) is 1.50. The summed E-state index contributed by atoms with van der Waals surface area (Å²) in [6, 6.07) is 7.50. The first-order chi connectivity index (χ1) is 19.4.